The molecule has 30 heavy (non-hydrogen) atoms. The molecule has 4 heteroatoms. The van der Waals surface area contributed by atoms with Gasteiger partial charge in [0.1, 0.15) is 0 Å². The molecule has 0 saturated heterocycles. The Labute approximate surface area is 181 Å². The second-order valence-electron chi connectivity index (χ2n) is 9.50. The van der Waals surface area contributed by atoms with Crippen molar-refractivity contribution in [2.45, 2.75) is 78.3 Å². The second kappa shape index (κ2) is 9.78. The Morgan fingerprint density at radius 1 is 1.17 bits per heavy atom. The average Bonchev–Trinajstić information content (AvgIpc) is 2.65. The summed E-state index contributed by atoms with van der Waals surface area (Å²) in [4.78, 5) is 0. The lowest BCUT2D eigenvalue weighted by atomic mass is 9.75. The highest BCUT2D eigenvalue weighted by molar-refractivity contribution is 5.31. The summed E-state index contributed by atoms with van der Waals surface area (Å²) in [5.41, 5.74) is 6.00. The minimum atomic E-state index is -0.939. The zero-order valence-corrected chi connectivity index (χ0v) is 19.1. The predicted molar refractivity (Wildman–Crippen MR) is 121 cm³/mol. The van der Waals surface area contributed by atoms with E-state index in [1.807, 2.05) is 13.0 Å². The van der Waals surface area contributed by atoms with E-state index in [1.165, 1.54) is 16.7 Å². The Morgan fingerprint density at radius 2 is 1.93 bits per heavy atom. The molecule has 2 aliphatic heterocycles. The topological polar surface area (TPSA) is 58.9 Å². The third-order valence-electron chi connectivity index (χ3n) is 6.46. The van der Waals surface area contributed by atoms with Gasteiger partial charge in [0.15, 0.2) is 0 Å². The van der Waals surface area contributed by atoms with Crippen molar-refractivity contribution >= 4 is 0 Å². The number of fused-ring (bicyclic) bond motifs is 1. The van der Waals surface area contributed by atoms with Gasteiger partial charge in [-0.15, -0.1) is 0 Å². The van der Waals surface area contributed by atoms with Gasteiger partial charge in [-0.3, -0.25) is 0 Å². The fraction of sp³-hybridized carbons (Fsp3) is 0.615. The van der Waals surface area contributed by atoms with Crippen LogP contribution in [0.25, 0.3) is 0 Å². The third-order valence-corrected chi connectivity index (χ3v) is 6.46. The van der Waals surface area contributed by atoms with Gasteiger partial charge in [-0.2, -0.15) is 0 Å². The number of ether oxygens (including phenoxy) is 2. The number of hydrogen-bond donors (Lipinski definition) is 2. The molecule has 0 aromatic carbocycles. The van der Waals surface area contributed by atoms with E-state index in [0.29, 0.717) is 0 Å². The van der Waals surface area contributed by atoms with E-state index in [4.69, 9.17) is 9.47 Å². The second-order valence-corrected chi connectivity index (χ2v) is 9.50. The van der Waals surface area contributed by atoms with E-state index < -0.39 is 5.79 Å². The van der Waals surface area contributed by atoms with E-state index in [2.05, 4.69) is 52.0 Å². The van der Waals surface area contributed by atoms with Crippen molar-refractivity contribution in [1.82, 2.24) is 0 Å². The van der Waals surface area contributed by atoms with Gasteiger partial charge in [0, 0.05) is 18.4 Å². The molecule has 0 bridgehead atoms. The summed E-state index contributed by atoms with van der Waals surface area (Å²) in [6, 6.07) is 0. The molecular formula is C26H38O4. The van der Waals surface area contributed by atoms with Crippen LogP contribution in [0.1, 0.15) is 60.3 Å². The van der Waals surface area contributed by atoms with Crippen LogP contribution >= 0.6 is 0 Å². The molecule has 0 radical (unpaired) electrons. The number of rotatable bonds is 6. The Kier molecular flexibility index (Phi) is 7.56. The summed E-state index contributed by atoms with van der Waals surface area (Å²) in [6.45, 7) is 10.7. The van der Waals surface area contributed by atoms with Gasteiger partial charge in [-0.1, -0.05) is 40.5 Å². The summed E-state index contributed by atoms with van der Waals surface area (Å²) in [7, 11) is 0. The fourth-order valence-corrected chi connectivity index (χ4v) is 4.86. The van der Waals surface area contributed by atoms with Crippen LogP contribution in [0.2, 0.25) is 0 Å². The predicted octanol–water partition coefficient (Wildman–Crippen LogP) is 5.00. The van der Waals surface area contributed by atoms with Crippen LogP contribution in [0.4, 0.5) is 0 Å². The number of aliphatic hydroxyl groups is 2. The molecule has 4 nitrogen and oxygen atoms in total. The van der Waals surface area contributed by atoms with Crippen LogP contribution in [0.3, 0.4) is 0 Å². The SMILES string of the molecule is CC(C)=CCC/C(C)=C/[C@H]1CC(C)=C[C@@]2(C=C(CO)[C@@H]3CC(CO)C(C)=C[C@@H]3O2)O1. The minimum absolute atomic E-state index is 0.0181. The van der Waals surface area contributed by atoms with Gasteiger partial charge in [0.25, 0.3) is 0 Å². The van der Waals surface area contributed by atoms with Gasteiger partial charge in [0.2, 0.25) is 5.79 Å². The Bertz CT molecular complexity index is 781. The Morgan fingerprint density at radius 3 is 2.60 bits per heavy atom. The van der Waals surface area contributed by atoms with E-state index in [1.54, 1.807) is 0 Å². The van der Waals surface area contributed by atoms with Crippen LogP contribution in [0.15, 0.2) is 58.2 Å². The van der Waals surface area contributed by atoms with Gasteiger partial charge in [-0.25, -0.2) is 0 Å². The lowest BCUT2D eigenvalue weighted by Gasteiger charge is -2.46. The van der Waals surface area contributed by atoms with Crippen molar-refractivity contribution in [3.05, 3.63) is 58.2 Å². The summed E-state index contributed by atoms with van der Waals surface area (Å²) in [6.07, 6.45) is 14.1. The van der Waals surface area contributed by atoms with Crippen molar-refractivity contribution in [2.24, 2.45) is 11.8 Å². The van der Waals surface area contributed by atoms with Crippen LogP contribution in [-0.2, 0) is 9.47 Å². The smallest absolute Gasteiger partial charge is 0.209 e. The summed E-state index contributed by atoms with van der Waals surface area (Å²) >= 11 is 0. The lowest BCUT2D eigenvalue weighted by molar-refractivity contribution is -0.226. The molecule has 1 spiro atoms. The quantitative estimate of drug-likeness (QED) is 0.600. The molecule has 2 heterocycles. The maximum Gasteiger partial charge on any atom is 0.209 e. The standard InChI is InChI=1S/C26H38O4/c1-17(2)7-6-8-18(3)9-23-10-19(4)13-26(29-23)14-22(16-28)24-12-21(15-27)20(5)11-25(24)30-26/h7,9,11,13-14,21,23-25,27-28H,6,8,10,12,15-16H2,1-5H3/b18-9+/t21?,23-,24-,25-,26+/m0/s1. The Balaban J connectivity index is 1.83. The summed E-state index contributed by atoms with van der Waals surface area (Å²) in [5, 5.41) is 19.8. The van der Waals surface area contributed by atoms with Gasteiger partial charge >= 0.3 is 0 Å². The van der Waals surface area contributed by atoms with Gasteiger partial charge in [-0.05, 0) is 78.0 Å². The number of hydrogen-bond acceptors (Lipinski definition) is 4. The number of allylic oxidation sites excluding steroid dienone is 3. The first-order valence-corrected chi connectivity index (χ1v) is 11.2. The van der Waals surface area contributed by atoms with Gasteiger partial charge in [0.05, 0.1) is 18.8 Å². The van der Waals surface area contributed by atoms with Crippen LogP contribution in [-0.4, -0.2) is 41.4 Å². The zero-order valence-electron chi connectivity index (χ0n) is 19.1. The fourth-order valence-electron chi connectivity index (χ4n) is 4.86. The summed E-state index contributed by atoms with van der Waals surface area (Å²) in [5.74, 6) is -0.728. The molecule has 2 N–H and O–H groups in total. The largest absolute Gasteiger partial charge is 0.396 e. The Hall–Kier alpha value is -1.46. The molecule has 0 aromatic heterocycles. The molecule has 0 saturated carbocycles. The molecule has 3 rings (SSSR count). The first kappa shape index (κ1) is 23.2. The molecule has 1 unspecified atom stereocenters. The molecule has 166 valence electrons. The van der Waals surface area contributed by atoms with E-state index in [9.17, 15) is 10.2 Å². The van der Waals surface area contributed by atoms with Crippen molar-refractivity contribution in [3.63, 3.8) is 0 Å². The highest BCUT2D eigenvalue weighted by atomic mass is 16.7. The first-order chi connectivity index (χ1) is 14.2. The average molecular weight is 415 g/mol. The highest BCUT2D eigenvalue weighted by Gasteiger charge is 2.45. The first-order valence-electron chi connectivity index (χ1n) is 11.2. The van der Waals surface area contributed by atoms with Crippen molar-refractivity contribution in [1.29, 1.82) is 0 Å². The third kappa shape index (κ3) is 5.42. The molecule has 5 atom stereocenters. The van der Waals surface area contributed by atoms with E-state index in [0.717, 1.165) is 36.8 Å². The molecule has 0 aromatic rings. The van der Waals surface area contributed by atoms with Crippen LogP contribution < -0.4 is 0 Å². The molecule has 1 aliphatic carbocycles. The van der Waals surface area contributed by atoms with Crippen molar-refractivity contribution in [2.75, 3.05) is 13.2 Å². The number of aliphatic hydroxyl groups excluding tert-OH is 2. The minimum Gasteiger partial charge on any atom is -0.396 e. The molecule has 0 fully saturated rings. The highest BCUT2D eigenvalue weighted by Crippen LogP contribution is 2.44. The van der Waals surface area contributed by atoms with E-state index >= 15 is 0 Å². The van der Waals surface area contributed by atoms with E-state index in [-0.39, 0.29) is 37.3 Å². The summed E-state index contributed by atoms with van der Waals surface area (Å²) < 4.78 is 13.0. The normalized spacial score (nSPS) is 34.1. The lowest BCUT2D eigenvalue weighted by Crippen LogP contribution is -2.49. The van der Waals surface area contributed by atoms with Gasteiger partial charge < -0.3 is 19.7 Å². The maximum atomic E-state index is 10.1. The van der Waals surface area contributed by atoms with Crippen molar-refractivity contribution in [3.8, 4) is 0 Å². The molecule has 0 amide bonds. The molecule has 3 aliphatic rings. The van der Waals surface area contributed by atoms with Crippen molar-refractivity contribution < 1.29 is 19.7 Å². The monoisotopic (exact) mass is 414 g/mol. The zero-order chi connectivity index (χ0) is 21.9. The van der Waals surface area contributed by atoms with Crippen LogP contribution in [0, 0.1) is 11.8 Å². The van der Waals surface area contributed by atoms with Crippen LogP contribution in [0.5, 0.6) is 0 Å². The maximum absolute atomic E-state index is 10.1. The molecular weight excluding hydrogens is 376 g/mol.